The number of carboxylic acid groups (broad SMARTS) is 1. The highest BCUT2D eigenvalue weighted by Crippen LogP contribution is 2.21. The van der Waals surface area contributed by atoms with Gasteiger partial charge in [0.2, 0.25) is 5.91 Å². The van der Waals surface area contributed by atoms with E-state index in [4.69, 9.17) is 9.84 Å². The normalized spacial score (nSPS) is 21.2. The molecule has 5 nitrogen and oxygen atoms in total. The molecule has 1 aromatic rings. The second kappa shape index (κ2) is 7.22. The smallest absolute Gasteiger partial charge is 0.335 e. The van der Waals surface area contributed by atoms with Gasteiger partial charge in [0, 0.05) is 19.6 Å². The Morgan fingerprint density at radius 3 is 2.76 bits per heavy atom. The topological polar surface area (TPSA) is 75.6 Å². The van der Waals surface area contributed by atoms with Crippen LogP contribution in [0.5, 0.6) is 0 Å². The molecule has 0 heterocycles. The minimum absolute atomic E-state index is 0.0306. The van der Waals surface area contributed by atoms with Gasteiger partial charge in [0.15, 0.2) is 0 Å². The second-order valence-electron chi connectivity index (χ2n) is 5.40. The van der Waals surface area contributed by atoms with E-state index >= 15 is 0 Å². The van der Waals surface area contributed by atoms with Crippen LogP contribution in [0.3, 0.4) is 0 Å². The van der Waals surface area contributed by atoms with Gasteiger partial charge in [-0.15, -0.1) is 0 Å². The standard InChI is InChI=1S/C16H21NO4/c1-21-13-8-7-12(10-13)17-15(18)9-6-11-4-2-3-5-14(11)16(19)20/h2-5,12-13H,6-10H2,1H3,(H,17,18)(H,19,20). The molecule has 2 N–H and O–H groups in total. The van der Waals surface area contributed by atoms with Gasteiger partial charge >= 0.3 is 5.97 Å². The molecule has 0 bridgehead atoms. The highest BCUT2D eigenvalue weighted by molar-refractivity contribution is 5.89. The molecule has 0 spiro atoms. The Morgan fingerprint density at radius 1 is 1.33 bits per heavy atom. The summed E-state index contributed by atoms with van der Waals surface area (Å²) in [6.07, 6.45) is 3.75. The number of benzene rings is 1. The van der Waals surface area contributed by atoms with E-state index in [-0.39, 0.29) is 23.6 Å². The number of carboxylic acids is 1. The molecular formula is C16H21NO4. The molecular weight excluding hydrogens is 270 g/mol. The SMILES string of the molecule is COC1CCC(NC(=O)CCc2ccccc2C(=O)O)C1. The Bertz CT molecular complexity index is 515. The molecule has 0 saturated heterocycles. The number of carbonyl (C=O) groups excluding carboxylic acids is 1. The van der Waals surface area contributed by atoms with E-state index in [0.717, 1.165) is 19.3 Å². The van der Waals surface area contributed by atoms with Gasteiger partial charge in [-0.2, -0.15) is 0 Å². The quantitative estimate of drug-likeness (QED) is 0.840. The van der Waals surface area contributed by atoms with Gasteiger partial charge in [-0.1, -0.05) is 18.2 Å². The first-order chi connectivity index (χ1) is 10.1. The van der Waals surface area contributed by atoms with Crippen LogP contribution >= 0.6 is 0 Å². The predicted octanol–water partition coefficient (Wildman–Crippen LogP) is 2.00. The van der Waals surface area contributed by atoms with Crippen molar-refractivity contribution in [2.75, 3.05) is 7.11 Å². The van der Waals surface area contributed by atoms with Crippen LogP contribution in [0.4, 0.5) is 0 Å². The summed E-state index contributed by atoms with van der Waals surface area (Å²) < 4.78 is 5.28. The Balaban J connectivity index is 1.83. The van der Waals surface area contributed by atoms with E-state index in [9.17, 15) is 9.59 Å². The first kappa shape index (κ1) is 15.5. The average molecular weight is 291 g/mol. The number of methoxy groups -OCH3 is 1. The maximum atomic E-state index is 11.9. The average Bonchev–Trinajstić information content (AvgIpc) is 2.93. The van der Waals surface area contributed by atoms with Crippen LogP contribution in [-0.4, -0.2) is 36.2 Å². The largest absolute Gasteiger partial charge is 0.478 e. The molecule has 1 saturated carbocycles. The number of ether oxygens (including phenoxy) is 1. The molecule has 21 heavy (non-hydrogen) atoms. The third-order valence-corrected chi connectivity index (χ3v) is 3.95. The third-order valence-electron chi connectivity index (χ3n) is 3.95. The third kappa shape index (κ3) is 4.29. The molecule has 2 unspecified atom stereocenters. The Morgan fingerprint density at radius 2 is 2.10 bits per heavy atom. The number of hydrogen-bond donors (Lipinski definition) is 2. The molecule has 1 aliphatic rings. The number of aryl methyl sites for hydroxylation is 1. The van der Waals surface area contributed by atoms with Gasteiger partial charge in [-0.3, -0.25) is 4.79 Å². The van der Waals surface area contributed by atoms with Gasteiger partial charge in [0.1, 0.15) is 0 Å². The minimum Gasteiger partial charge on any atom is -0.478 e. The lowest BCUT2D eigenvalue weighted by Crippen LogP contribution is -2.33. The predicted molar refractivity (Wildman–Crippen MR) is 78.3 cm³/mol. The van der Waals surface area contributed by atoms with E-state index in [2.05, 4.69) is 5.32 Å². The number of carbonyl (C=O) groups is 2. The Hall–Kier alpha value is -1.88. The molecule has 1 amide bonds. The highest BCUT2D eigenvalue weighted by Gasteiger charge is 2.25. The van der Waals surface area contributed by atoms with Gasteiger partial charge in [-0.05, 0) is 37.3 Å². The maximum absolute atomic E-state index is 11.9. The molecule has 0 aliphatic heterocycles. The summed E-state index contributed by atoms with van der Waals surface area (Å²) >= 11 is 0. The summed E-state index contributed by atoms with van der Waals surface area (Å²) in [7, 11) is 1.69. The summed E-state index contributed by atoms with van der Waals surface area (Å²) in [5.74, 6) is -0.985. The lowest BCUT2D eigenvalue weighted by molar-refractivity contribution is -0.121. The van der Waals surface area contributed by atoms with Crippen molar-refractivity contribution < 1.29 is 19.4 Å². The van der Waals surface area contributed by atoms with E-state index in [1.54, 1.807) is 31.4 Å². The molecule has 1 aromatic carbocycles. The van der Waals surface area contributed by atoms with E-state index in [1.807, 2.05) is 0 Å². The summed E-state index contributed by atoms with van der Waals surface area (Å²) in [5.41, 5.74) is 0.965. The summed E-state index contributed by atoms with van der Waals surface area (Å²) in [4.78, 5) is 23.0. The zero-order valence-corrected chi connectivity index (χ0v) is 12.2. The highest BCUT2D eigenvalue weighted by atomic mass is 16.5. The van der Waals surface area contributed by atoms with Gasteiger partial charge in [-0.25, -0.2) is 4.79 Å². The Kier molecular flexibility index (Phi) is 5.33. The van der Waals surface area contributed by atoms with E-state index in [0.29, 0.717) is 18.4 Å². The second-order valence-corrected chi connectivity index (χ2v) is 5.40. The van der Waals surface area contributed by atoms with Crippen LogP contribution in [-0.2, 0) is 16.0 Å². The summed E-state index contributed by atoms with van der Waals surface area (Å²) in [5, 5.41) is 12.1. The fraction of sp³-hybridized carbons (Fsp3) is 0.500. The first-order valence-corrected chi connectivity index (χ1v) is 7.23. The van der Waals surface area contributed by atoms with Gasteiger partial charge in [0.25, 0.3) is 0 Å². The molecule has 1 fully saturated rings. The van der Waals surface area contributed by atoms with Crippen molar-refractivity contribution in [1.29, 1.82) is 0 Å². The molecule has 5 heteroatoms. The van der Waals surface area contributed by atoms with Crippen molar-refractivity contribution in [2.45, 2.75) is 44.2 Å². The van der Waals surface area contributed by atoms with Crippen LogP contribution in [0.15, 0.2) is 24.3 Å². The first-order valence-electron chi connectivity index (χ1n) is 7.23. The van der Waals surface area contributed by atoms with Gasteiger partial charge in [0.05, 0.1) is 11.7 Å². The van der Waals surface area contributed by atoms with Crippen LogP contribution in [0.1, 0.15) is 41.6 Å². The monoisotopic (exact) mass is 291 g/mol. The lowest BCUT2D eigenvalue weighted by atomic mass is 10.0. The number of rotatable bonds is 6. The molecule has 0 radical (unpaired) electrons. The zero-order valence-electron chi connectivity index (χ0n) is 12.2. The van der Waals surface area contributed by atoms with Crippen molar-refractivity contribution >= 4 is 11.9 Å². The van der Waals surface area contributed by atoms with Crippen molar-refractivity contribution in [2.24, 2.45) is 0 Å². The fourth-order valence-electron chi connectivity index (χ4n) is 2.78. The molecule has 2 rings (SSSR count). The molecule has 114 valence electrons. The number of amides is 1. The number of hydrogen-bond acceptors (Lipinski definition) is 3. The van der Waals surface area contributed by atoms with Crippen LogP contribution < -0.4 is 5.32 Å². The van der Waals surface area contributed by atoms with Crippen molar-refractivity contribution in [1.82, 2.24) is 5.32 Å². The Labute approximate surface area is 124 Å². The van der Waals surface area contributed by atoms with Crippen LogP contribution in [0.25, 0.3) is 0 Å². The molecule has 1 aliphatic carbocycles. The molecule has 2 atom stereocenters. The van der Waals surface area contributed by atoms with E-state index < -0.39 is 5.97 Å². The van der Waals surface area contributed by atoms with Crippen molar-refractivity contribution in [3.63, 3.8) is 0 Å². The van der Waals surface area contributed by atoms with Crippen LogP contribution in [0.2, 0.25) is 0 Å². The van der Waals surface area contributed by atoms with Crippen molar-refractivity contribution in [3.8, 4) is 0 Å². The minimum atomic E-state index is -0.954. The van der Waals surface area contributed by atoms with Crippen LogP contribution in [0, 0.1) is 0 Å². The van der Waals surface area contributed by atoms with E-state index in [1.165, 1.54) is 0 Å². The van der Waals surface area contributed by atoms with Crippen molar-refractivity contribution in [3.05, 3.63) is 35.4 Å². The zero-order chi connectivity index (χ0) is 15.2. The van der Waals surface area contributed by atoms with Gasteiger partial charge < -0.3 is 15.2 Å². The number of aromatic carboxylic acids is 1. The summed E-state index contributed by atoms with van der Waals surface area (Å²) in [6.45, 7) is 0. The lowest BCUT2D eigenvalue weighted by Gasteiger charge is -2.13. The fourth-order valence-corrected chi connectivity index (χ4v) is 2.78. The summed E-state index contributed by atoms with van der Waals surface area (Å²) in [6, 6.07) is 6.98. The number of nitrogens with one attached hydrogen (secondary N) is 1. The molecule has 0 aromatic heterocycles. The maximum Gasteiger partial charge on any atom is 0.335 e.